The lowest BCUT2D eigenvalue weighted by molar-refractivity contribution is 0.102. The van der Waals surface area contributed by atoms with Crippen LogP contribution in [0.5, 0.6) is 0 Å². The Hall–Kier alpha value is -3.30. The van der Waals surface area contributed by atoms with Gasteiger partial charge in [0.1, 0.15) is 11.6 Å². The number of carbonyl (C=O) groups is 1. The molecule has 0 N–H and O–H groups in total. The van der Waals surface area contributed by atoms with Gasteiger partial charge in [0.2, 0.25) is 0 Å². The number of ketones is 1. The molecule has 35 heavy (non-hydrogen) atoms. The number of ether oxygens (including phenoxy) is 1. The lowest BCUT2D eigenvalue weighted by Gasteiger charge is -2.17. The van der Waals surface area contributed by atoms with Crippen LogP contribution in [0.25, 0.3) is 16.6 Å². The standard InChI is InChI=1S/C26H25F2N3O3S/c1-15-11-20(17(3)30(15)16(2)13-34-4)24(32)14-35-26-29-22-8-6-5-7-19(22)25(33)31(26)23-10-9-18(27)12-21(23)28/h5-12,16H,13-14H2,1-4H3/t16-/m1/s1. The molecule has 2 heterocycles. The third kappa shape index (κ3) is 4.78. The number of carbonyl (C=O) groups excluding carboxylic acids is 1. The summed E-state index contributed by atoms with van der Waals surface area (Å²) in [5, 5.41) is 0.441. The number of aromatic nitrogens is 3. The van der Waals surface area contributed by atoms with Gasteiger partial charge in [-0.05, 0) is 51.1 Å². The highest BCUT2D eigenvalue weighted by molar-refractivity contribution is 7.99. The average Bonchev–Trinajstić information content (AvgIpc) is 3.12. The second-order valence-electron chi connectivity index (χ2n) is 8.32. The lowest BCUT2D eigenvalue weighted by atomic mass is 10.2. The van der Waals surface area contributed by atoms with Crippen molar-refractivity contribution < 1.29 is 18.3 Å². The molecule has 0 amide bonds. The molecule has 4 rings (SSSR count). The molecule has 0 radical (unpaired) electrons. The van der Waals surface area contributed by atoms with Crippen LogP contribution in [0.2, 0.25) is 0 Å². The number of hydrogen-bond acceptors (Lipinski definition) is 5. The van der Waals surface area contributed by atoms with Gasteiger partial charge in [-0.15, -0.1) is 0 Å². The molecule has 4 aromatic rings. The molecule has 9 heteroatoms. The highest BCUT2D eigenvalue weighted by Crippen LogP contribution is 2.26. The Kier molecular flexibility index (Phi) is 7.18. The van der Waals surface area contributed by atoms with Gasteiger partial charge in [-0.25, -0.2) is 13.8 Å². The number of benzene rings is 2. The Bertz CT molecular complexity index is 1480. The zero-order valence-corrected chi connectivity index (χ0v) is 20.7. The largest absolute Gasteiger partial charge is 0.383 e. The number of Topliss-reactive ketones (excluding diaryl/α,β-unsaturated/α-hetero) is 1. The van der Waals surface area contributed by atoms with Crippen LogP contribution >= 0.6 is 11.8 Å². The maximum atomic E-state index is 14.7. The molecule has 0 aliphatic rings. The first-order chi connectivity index (χ1) is 16.7. The van der Waals surface area contributed by atoms with Crippen LogP contribution in [0.4, 0.5) is 8.78 Å². The summed E-state index contributed by atoms with van der Waals surface area (Å²) in [6.45, 7) is 6.34. The molecule has 0 spiro atoms. The molecule has 0 aliphatic carbocycles. The smallest absolute Gasteiger partial charge is 0.266 e. The number of aryl methyl sites for hydroxylation is 1. The zero-order chi connectivity index (χ0) is 25.3. The van der Waals surface area contributed by atoms with Crippen molar-refractivity contribution in [3.8, 4) is 5.69 Å². The van der Waals surface area contributed by atoms with E-state index in [-0.39, 0.29) is 28.4 Å². The quantitative estimate of drug-likeness (QED) is 0.189. The molecule has 2 aromatic heterocycles. The maximum absolute atomic E-state index is 14.7. The second-order valence-corrected chi connectivity index (χ2v) is 9.26. The molecule has 0 bridgehead atoms. The fourth-order valence-electron chi connectivity index (χ4n) is 4.35. The predicted octanol–water partition coefficient (Wildman–Crippen LogP) is 5.26. The first-order valence-electron chi connectivity index (χ1n) is 11.0. The minimum Gasteiger partial charge on any atom is -0.383 e. The van der Waals surface area contributed by atoms with E-state index in [0.29, 0.717) is 29.1 Å². The van der Waals surface area contributed by atoms with Crippen molar-refractivity contribution in [2.45, 2.75) is 32.0 Å². The highest BCUT2D eigenvalue weighted by Gasteiger charge is 2.21. The summed E-state index contributed by atoms with van der Waals surface area (Å²) in [5.74, 6) is -1.81. The molecule has 6 nitrogen and oxygen atoms in total. The summed E-state index contributed by atoms with van der Waals surface area (Å²) in [7, 11) is 1.63. The molecule has 2 aromatic carbocycles. The van der Waals surface area contributed by atoms with Gasteiger partial charge in [-0.2, -0.15) is 0 Å². The molecule has 1 atom stereocenters. The maximum Gasteiger partial charge on any atom is 0.266 e. The molecule has 0 saturated heterocycles. The van der Waals surface area contributed by atoms with E-state index in [2.05, 4.69) is 9.55 Å². The average molecular weight is 498 g/mol. The van der Waals surface area contributed by atoms with Gasteiger partial charge in [-0.3, -0.25) is 14.2 Å². The number of rotatable bonds is 8. The van der Waals surface area contributed by atoms with Crippen LogP contribution in [-0.4, -0.2) is 39.4 Å². The van der Waals surface area contributed by atoms with E-state index in [0.717, 1.165) is 33.8 Å². The van der Waals surface area contributed by atoms with E-state index in [1.807, 2.05) is 26.8 Å². The number of fused-ring (bicyclic) bond motifs is 1. The molecule has 0 unspecified atom stereocenters. The van der Waals surface area contributed by atoms with Crippen molar-refractivity contribution in [2.75, 3.05) is 19.5 Å². The fourth-order valence-corrected chi connectivity index (χ4v) is 5.23. The van der Waals surface area contributed by atoms with Gasteiger partial charge in [0.05, 0.1) is 35.0 Å². The van der Waals surface area contributed by atoms with Crippen molar-refractivity contribution in [3.05, 3.63) is 87.5 Å². The van der Waals surface area contributed by atoms with Gasteiger partial charge < -0.3 is 9.30 Å². The summed E-state index contributed by atoms with van der Waals surface area (Å²) in [6.07, 6.45) is 0. The predicted molar refractivity (Wildman–Crippen MR) is 133 cm³/mol. The molecule has 182 valence electrons. The van der Waals surface area contributed by atoms with Gasteiger partial charge >= 0.3 is 0 Å². The van der Waals surface area contributed by atoms with Gasteiger partial charge in [0, 0.05) is 30.1 Å². The number of para-hydroxylation sites is 1. The summed E-state index contributed by atoms with van der Waals surface area (Å²) in [6, 6.07) is 11.6. The minimum absolute atomic E-state index is 0.0173. The lowest BCUT2D eigenvalue weighted by Crippen LogP contribution is -2.23. The van der Waals surface area contributed by atoms with E-state index >= 15 is 0 Å². The minimum atomic E-state index is -0.895. The van der Waals surface area contributed by atoms with Crippen molar-refractivity contribution in [1.29, 1.82) is 0 Å². The number of nitrogens with zero attached hydrogens (tertiary/aromatic N) is 3. The summed E-state index contributed by atoms with van der Waals surface area (Å²) in [4.78, 5) is 31.0. The van der Waals surface area contributed by atoms with E-state index < -0.39 is 17.2 Å². The number of thioether (sulfide) groups is 1. The van der Waals surface area contributed by atoms with E-state index in [4.69, 9.17) is 4.74 Å². The zero-order valence-electron chi connectivity index (χ0n) is 19.8. The molecule has 0 fully saturated rings. The summed E-state index contributed by atoms with van der Waals surface area (Å²) < 4.78 is 36.6. The molecular weight excluding hydrogens is 472 g/mol. The Morgan fingerprint density at radius 3 is 2.60 bits per heavy atom. The Morgan fingerprint density at radius 1 is 1.14 bits per heavy atom. The van der Waals surface area contributed by atoms with Crippen molar-refractivity contribution in [2.24, 2.45) is 0 Å². The van der Waals surface area contributed by atoms with Gasteiger partial charge in [0.25, 0.3) is 5.56 Å². The Labute approximate surface area is 205 Å². The normalized spacial score (nSPS) is 12.3. The monoisotopic (exact) mass is 497 g/mol. The first-order valence-corrected chi connectivity index (χ1v) is 12.0. The third-order valence-corrected chi connectivity index (χ3v) is 6.80. The molecular formula is C26H25F2N3O3S. The number of methoxy groups -OCH3 is 1. The summed E-state index contributed by atoms with van der Waals surface area (Å²) in [5.41, 5.74) is 2.14. The van der Waals surface area contributed by atoms with Crippen LogP contribution in [0, 0.1) is 25.5 Å². The number of halogens is 2. The SMILES string of the molecule is COC[C@@H](C)n1c(C)cc(C(=O)CSc2nc3ccccc3c(=O)n2-c2ccc(F)cc2F)c1C. The first kappa shape index (κ1) is 24.8. The fraction of sp³-hybridized carbons (Fsp3) is 0.269. The Morgan fingerprint density at radius 2 is 1.89 bits per heavy atom. The summed E-state index contributed by atoms with van der Waals surface area (Å²) >= 11 is 1.04. The van der Waals surface area contributed by atoms with Gasteiger partial charge in [-0.1, -0.05) is 23.9 Å². The van der Waals surface area contributed by atoms with Crippen LogP contribution in [0.15, 0.2) is 58.5 Å². The third-order valence-electron chi connectivity index (χ3n) is 5.86. The number of hydrogen-bond donors (Lipinski definition) is 0. The topological polar surface area (TPSA) is 66.1 Å². The van der Waals surface area contributed by atoms with Crippen LogP contribution in [-0.2, 0) is 4.74 Å². The van der Waals surface area contributed by atoms with Crippen LogP contribution in [0.1, 0.15) is 34.7 Å². The van der Waals surface area contributed by atoms with Crippen molar-refractivity contribution in [1.82, 2.24) is 14.1 Å². The van der Waals surface area contributed by atoms with Crippen LogP contribution in [0.3, 0.4) is 0 Å². The van der Waals surface area contributed by atoms with Crippen molar-refractivity contribution in [3.63, 3.8) is 0 Å². The molecule has 0 aliphatic heterocycles. The van der Waals surface area contributed by atoms with E-state index in [1.165, 1.54) is 6.07 Å². The Balaban J connectivity index is 1.73. The highest BCUT2D eigenvalue weighted by atomic mass is 32.2. The second kappa shape index (κ2) is 10.1. The van der Waals surface area contributed by atoms with Crippen molar-refractivity contribution >= 4 is 28.4 Å². The molecule has 0 saturated carbocycles. The van der Waals surface area contributed by atoms with E-state index in [1.54, 1.807) is 31.4 Å². The van der Waals surface area contributed by atoms with Gasteiger partial charge in [0.15, 0.2) is 10.9 Å². The van der Waals surface area contributed by atoms with Crippen LogP contribution < -0.4 is 5.56 Å². The van der Waals surface area contributed by atoms with E-state index in [9.17, 15) is 18.4 Å².